The summed E-state index contributed by atoms with van der Waals surface area (Å²) in [6.07, 6.45) is 2.30. The zero-order valence-corrected chi connectivity index (χ0v) is 8.88. The molecule has 0 bridgehead atoms. The quantitative estimate of drug-likeness (QED) is 0.389. The summed E-state index contributed by atoms with van der Waals surface area (Å²) in [6.45, 7) is 4.44. The molecule has 10 heavy (non-hydrogen) atoms. The van der Waals surface area contributed by atoms with Crippen molar-refractivity contribution in [2.75, 3.05) is 0 Å². The summed E-state index contributed by atoms with van der Waals surface area (Å²) in [5, 5.41) is 2.90. The molecule has 0 aromatic carbocycles. The molecule has 0 radical (unpaired) electrons. The predicted octanol–water partition coefficient (Wildman–Crippen LogP) is 3.08. The van der Waals surface area contributed by atoms with Gasteiger partial charge >= 0.3 is 0 Å². The third-order valence-electron chi connectivity index (χ3n) is 2.05. The van der Waals surface area contributed by atoms with E-state index in [4.69, 9.17) is 0 Å². The van der Waals surface area contributed by atoms with E-state index in [2.05, 4.69) is 32.3 Å². The van der Waals surface area contributed by atoms with E-state index in [1.54, 1.807) is 0 Å². The van der Waals surface area contributed by atoms with Crippen molar-refractivity contribution in [2.45, 2.75) is 26.7 Å². The molecule has 1 aliphatic rings. The first-order valence-electron chi connectivity index (χ1n) is 3.49. The van der Waals surface area contributed by atoms with Gasteiger partial charge in [0.25, 0.3) is 0 Å². The summed E-state index contributed by atoms with van der Waals surface area (Å²) >= 11 is 0. The maximum Gasteiger partial charge on any atom is -0.00649 e. The van der Waals surface area contributed by atoms with Gasteiger partial charge in [0.05, 0.1) is 0 Å². The van der Waals surface area contributed by atoms with E-state index in [0.717, 1.165) is 12.8 Å². The second-order valence-corrected chi connectivity index (χ2v) is 4.36. The lowest BCUT2D eigenvalue weighted by Crippen LogP contribution is -1.94. The maximum absolute atomic E-state index is 2.81. The van der Waals surface area contributed by atoms with Crippen LogP contribution < -0.4 is 0 Å². The summed E-state index contributed by atoms with van der Waals surface area (Å²) in [5.41, 5.74) is 3.08. The highest BCUT2D eigenvalue weighted by molar-refractivity contribution is 7.28. The highest BCUT2D eigenvalue weighted by Gasteiger charge is 2.08. The van der Waals surface area contributed by atoms with E-state index in [1.807, 2.05) is 0 Å². The SMILES string of the molecule is CC1=C(C)CC(P)=C(P)C1. The first-order valence-corrected chi connectivity index (χ1v) is 4.65. The lowest BCUT2D eigenvalue weighted by atomic mass is 9.99. The molecule has 1 rings (SSSR count). The smallest absolute Gasteiger partial charge is 0.00649 e. The Hall–Kier alpha value is 0.340. The Morgan fingerprint density at radius 1 is 0.900 bits per heavy atom. The van der Waals surface area contributed by atoms with Crippen LogP contribution in [-0.2, 0) is 0 Å². The maximum atomic E-state index is 2.81. The van der Waals surface area contributed by atoms with Crippen LogP contribution in [0.3, 0.4) is 0 Å². The van der Waals surface area contributed by atoms with Crippen LogP contribution in [0, 0.1) is 0 Å². The van der Waals surface area contributed by atoms with Gasteiger partial charge in [-0.25, -0.2) is 0 Å². The molecule has 2 heteroatoms. The molecule has 2 unspecified atom stereocenters. The van der Waals surface area contributed by atoms with E-state index < -0.39 is 0 Å². The summed E-state index contributed by atoms with van der Waals surface area (Å²) in [4.78, 5) is 0. The van der Waals surface area contributed by atoms with Crippen LogP contribution >= 0.6 is 18.5 Å². The minimum Gasteiger partial charge on any atom is -0.109 e. The Morgan fingerprint density at radius 2 is 1.20 bits per heavy atom. The van der Waals surface area contributed by atoms with Crippen LogP contribution in [0.5, 0.6) is 0 Å². The number of allylic oxidation sites excluding steroid dienone is 4. The van der Waals surface area contributed by atoms with Crippen LogP contribution in [-0.4, -0.2) is 0 Å². The van der Waals surface area contributed by atoms with Gasteiger partial charge in [-0.3, -0.25) is 0 Å². The van der Waals surface area contributed by atoms with Gasteiger partial charge in [-0.2, -0.15) is 0 Å². The lowest BCUT2D eigenvalue weighted by molar-refractivity contribution is 1.01. The molecule has 0 spiro atoms. The van der Waals surface area contributed by atoms with Gasteiger partial charge < -0.3 is 0 Å². The van der Waals surface area contributed by atoms with Crippen LogP contribution in [0.4, 0.5) is 0 Å². The third-order valence-corrected chi connectivity index (χ3v) is 3.54. The minimum absolute atomic E-state index is 1.15. The van der Waals surface area contributed by atoms with Crippen LogP contribution in [0.1, 0.15) is 26.7 Å². The number of rotatable bonds is 0. The van der Waals surface area contributed by atoms with Crippen molar-refractivity contribution in [2.24, 2.45) is 0 Å². The van der Waals surface area contributed by atoms with E-state index >= 15 is 0 Å². The van der Waals surface area contributed by atoms with Crippen molar-refractivity contribution < 1.29 is 0 Å². The third kappa shape index (κ3) is 1.68. The van der Waals surface area contributed by atoms with E-state index in [0.29, 0.717) is 0 Å². The normalized spacial score (nSPS) is 20.4. The average Bonchev–Trinajstić information content (AvgIpc) is 1.84. The molecule has 0 fully saturated rings. The highest BCUT2D eigenvalue weighted by atomic mass is 31.0. The Kier molecular flexibility index (Phi) is 2.67. The summed E-state index contributed by atoms with van der Waals surface area (Å²) < 4.78 is 0. The lowest BCUT2D eigenvalue weighted by Gasteiger charge is -2.17. The molecule has 0 saturated carbocycles. The molecule has 0 aliphatic heterocycles. The minimum atomic E-state index is 1.15. The first-order chi connectivity index (χ1) is 4.61. The van der Waals surface area contributed by atoms with Crippen molar-refractivity contribution in [1.82, 2.24) is 0 Å². The zero-order chi connectivity index (χ0) is 7.72. The molecule has 0 nitrogen and oxygen atoms in total. The monoisotopic (exact) mass is 172 g/mol. The van der Waals surface area contributed by atoms with E-state index in [9.17, 15) is 0 Å². The Bertz CT molecular complexity index is 167. The summed E-state index contributed by atoms with van der Waals surface area (Å²) in [7, 11) is 5.62. The van der Waals surface area contributed by atoms with Gasteiger partial charge in [-0.1, -0.05) is 11.1 Å². The Labute approximate surface area is 67.6 Å². The van der Waals surface area contributed by atoms with Crippen molar-refractivity contribution in [3.8, 4) is 0 Å². The highest BCUT2D eigenvalue weighted by Crippen LogP contribution is 2.35. The number of hydrogen-bond donors (Lipinski definition) is 0. The largest absolute Gasteiger partial charge is 0.109 e. The topological polar surface area (TPSA) is 0 Å². The fourth-order valence-corrected chi connectivity index (χ4v) is 1.92. The molecular weight excluding hydrogens is 158 g/mol. The van der Waals surface area contributed by atoms with Gasteiger partial charge in [0.2, 0.25) is 0 Å². The van der Waals surface area contributed by atoms with E-state index in [1.165, 1.54) is 21.8 Å². The molecule has 0 saturated heterocycles. The van der Waals surface area contributed by atoms with E-state index in [-0.39, 0.29) is 0 Å². The molecule has 56 valence electrons. The van der Waals surface area contributed by atoms with Crippen molar-refractivity contribution in [3.05, 3.63) is 21.8 Å². The predicted molar refractivity (Wildman–Crippen MR) is 54.1 cm³/mol. The van der Waals surface area contributed by atoms with Gasteiger partial charge in [0, 0.05) is 0 Å². The molecule has 0 aromatic heterocycles. The first kappa shape index (κ1) is 8.44. The van der Waals surface area contributed by atoms with Crippen molar-refractivity contribution >= 4 is 18.5 Å². The Balaban J connectivity index is 2.81. The van der Waals surface area contributed by atoms with Gasteiger partial charge in [-0.05, 0) is 37.3 Å². The summed E-state index contributed by atoms with van der Waals surface area (Å²) in [5.74, 6) is 0. The fourth-order valence-electron chi connectivity index (χ4n) is 1.10. The molecular formula is C8H14P2. The molecule has 0 amide bonds. The number of hydrogen-bond acceptors (Lipinski definition) is 0. The average molecular weight is 172 g/mol. The second-order valence-electron chi connectivity index (χ2n) is 2.96. The van der Waals surface area contributed by atoms with Crippen molar-refractivity contribution in [1.29, 1.82) is 0 Å². The molecule has 0 aromatic rings. The van der Waals surface area contributed by atoms with Crippen LogP contribution in [0.15, 0.2) is 21.8 Å². The molecule has 0 heterocycles. The molecule has 1 aliphatic carbocycles. The summed E-state index contributed by atoms with van der Waals surface area (Å²) in [6, 6.07) is 0. The van der Waals surface area contributed by atoms with Crippen LogP contribution in [0.25, 0.3) is 0 Å². The molecule has 2 atom stereocenters. The van der Waals surface area contributed by atoms with Gasteiger partial charge in [-0.15, -0.1) is 18.5 Å². The zero-order valence-electron chi connectivity index (χ0n) is 6.57. The standard InChI is InChI=1S/C8H14P2/c1-5-3-7(9)8(10)4-6(5)2/h3-4,9-10H2,1-2H3. The van der Waals surface area contributed by atoms with Crippen LogP contribution in [0.2, 0.25) is 0 Å². The fraction of sp³-hybridized carbons (Fsp3) is 0.500. The van der Waals surface area contributed by atoms with Crippen molar-refractivity contribution in [3.63, 3.8) is 0 Å². The van der Waals surface area contributed by atoms with Gasteiger partial charge in [0.1, 0.15) is 0 Å². The molecule has 0 N–H and O–H groups in total. The van der Waals surface area contributed by atoms with Gasteiger partial charge in [0.15, 0.2) is 0 Å². The Morgan fingerprint density at radius 3 is 1.50 bits per heavy atom. The second kappa shape index (κ2) is 3.16.